The summed E-state index contributed by atoms with van der Waals surface area (Å²) in [7, 11) is 0. The summed E-state index contributed by atoms with van der Waals surface area (Å²) >= 11 is 6.00. The lowest BCUT2D eigenvalue weighted by molar-refractivity contribution is 0.0697. The Bertz CT molecular complexity index is 1160. The van der Waals surface area contributed by atoms with Crippen molar-refractivity contribution in [1.82, 2.24) is 9.97 Å². The number of benzene rings is 3. The first-order valence-electron chi connectivity index (χ1n) is 9.24. The summed E-state index contributed by atoms with van der Waals surface area (Å²) in [5.74, 6) is -0.00117. The van der Waals surface area contributed by atoms with Crippen molar-refractivity contribution in [2.24, 2.45) is 0 Å². The first kappa shape index (κ1) is 19.6. The highest BCUT2D eigenvalue weighted by Gasteiger charge is 2.10. The fraction of sp³-hybridized carbons (Fsp3) is 0.0417. The SMILES string of the molecule is O=C(O)c1ccc(COc2cc(-c3ccccc3)nc(-c3ccc(Cl)cc3)n2)cc1. The average Bonchev–Trinajstić information content (AvgIpc) is 2.79. The highest BCUT2D eigenvalue weighted by Crippen LogP contribution is 2.26. The highest BCUT2D eigenvalue weighted by molar-refractivity contribution is 6.30. The van der Waals surface area contributed by atoms with Crippen molar-refractivity contribution in [2.45, 2.75) is 6.61 Å². The molecule has 0 radical (unpaired) electrons. The van der Waals surface area contributed by atoms with Crippen LogP contribution in [0.1, 0.15) is 15.9 Å². The zero-order valence-corrected chi connectivity index (χ0v) is 16.6. The number of carbonyl (C=O) groups is 1. The van der Waals surface area contributed by atoms with Crippen LogP contribution in [-0.4, -0.2) is 21.0 Å². The van der Waals surface area contributed by atoms with Crippen LogP contribution in [-0.2, 0) is 6.61 Å². The van der Waals surface area contributed by atoms with E-state index in [0.717, 1.165) is 22.4 Å². The van der Waals surface area contributed by atoms with Gasteiger partial charge in [0.15, 0.2) is 5.82 Å². The topological polar surface area (TPSA) is 72.3 Å². The minimum atomic E-state index is -0.960. The molecular formula is C24H17ClN2O3. The Labute approximate surface area is 178 Å². The van der Waals surface area contributed by atoms with Gasteiger partial charge in [0.1, 0.15) is 6.61 Å². The normalized spacial score (nSPS) is 10.6. The number of nitrogens with zero attached hydrogens (tertiary/aromatic N) is 2. The second-order valence-electron chi connectivity index (χ2n) is 6.58. The van der Waals surface area contributed by atoms with E-state index in [2.05, 4.69) is 4.98 Å². The smallest absolute Gasteiger partial charge is 0.335 e. The van der Waals surface area contributed by atoms with E-state index in [1.54, 1.807) is 42.5 Å². The van der Waals surface area contributed by atoms with E-state index in [4.69, 9.17) is 26.4 Å². The lowest BCUT2D eigenvalue weighted by atomic mass is 10.1. The number of aromatic nitrogens is 2. The fourth-order valence-electron chi connectivity index (χ4n) is 2.88. The van der Waals surface area contributed by atoms with Crippen molar-refractivity contribution in [3.05, 3.63) is 101 Å². The Morgan fingerprint density at radius 3 is 2.23 bits per heavy atom. The van der Waals surface area contributed by atoms with Gasteiger partial charge < -0.3 is 9.84 Å². The Kier molecular flexibility index (Phi) is 5.72. The maximum atomic E-state index is 11.0. The molecule has 0 aliphatic heterocycles. The summed E-state index contributed by atoms with van der Waals surface area (Å²) in [5, 5.41) is 9.66. The Balaban J connectivity index is 1.65. The lowest BCUT2D eigenvalue weighted by Gasteiger charge is -2.10. The van der Waals surface area contributed by atoms with Crippen LogP contribution in [0.3, 0.4) is 0 Å². The first-order chi connectivity index (χ1) is 14.6. The van der Waals surface area contributed by atoms with Gasteiger partial charge in [0, 0.05) is 22.2 Å². The summed E-state index contributed by atoms with van der Waals surface area (Å²) in [6.45, 7) is 0.255. The van der Waals surface area contributed by atoms with E-state index in [9.17, 15) is 4.79 Å². The molecular weight excluding hydrogens is 400 g/mol. The van der Waals surface area contributed by atoms with Crippen LogP contribution in [0.15, 0.2) is 84.9 Å². The molecule has 148 valence electrons. The molecule has 0 unspecified atom stereocenters. The quantitative estimate of drug-likeness (QED) is 0.433. The molecule has 6 heteroatoms. The van der Waals surface area contributed by atoms with Crippen molar-refractivity contribution >= 4 is 17.6 Å². The van der Waals surface area contributed by atoms with Gasteiger partial charge in [-0.25, -0.2) is 9.78 Å². The summed E-state index contributed by atoms with van der Waals surface area (Å²) < 4.78 is 5.92. The van der Waals surface area contributed by atoms with Crippen molar-refractivity contribution in [3.63, 3.8) is 0 Å². The third-order valence-electron chi connectivity index (χ3n) is 4.46. The summed E-state index contributed by atoms with van der Waals surface area (Å²) in [6.07, 6.45) is 0. The van der Waals surface area contributed by atoms with Crippen molar-refractivity contribution in [1.29, 1.82) is 0 Å². The molecule has 0 aliphatic rings. The summed E-state index contributed by atoms with van der Waals surface area (Å²) in [4.78, 5) is 20.2. The van der Waals surface area contributed by atoms with Crippen molar-refractivity contribution in [2.75, 3.05) is 0 Å². The lowest BCUT2D eigenvalue weighted by Crippen LogP contribution is -2.02. The first-order valence-corrected chi connectivity index (χ1v) is 9.62. The molecule has 0 amide bonds. The van der Waals surface area contributed by atoms with Gasteiger partial charge in [-0.05, 0) is 42.0 Å². The van der Waals surface area contributed by atoms with E-state index in [-0.39, 0.29) is 12.2 Å². The number of rotatable bonds is 6. The van der Waals surface area contributed by atoms with Crippen LogP contribution in [0.4, 0.5) is 0 Å². The number of hydrogen-bond acceptors (Lipinski definition) is 4. The maximum Gasteiger partial charge on any atom is 0.335 e. The fourth-order valence-corrected chi connectivity index (χ4v) is 3.01. The highest BCUT2D eigenvalue weighted by atomic mass is 35.5. The summed E-state index contributed by atoms with van der Waals surface area (Å²) in [5.41, 5.74) is 3.59. The average molecular weight is 417 g/mol. The van der Waals surface area contributed by atoms with Crippen LogP contribution in [0.25, 0.3) is 22.6 Å². The largest absolute Gasteiger partial charge is 0.478 e. The molecule has 0 saturated heterocycles. The van der Waals surface area contributed by atoms with E-state index in [1.807, 2.05) is 42.5 Å². The molecule has 4 aromatic rings. The van der Waals surface area contributed by atoms with E-state index in [1.165, 1.54) is 0 Å². The van der Waals surface area contributed by atoms with Gasteiger partial charge in [-0.3, -0.25) is 0 Å². The van der Waals surface area contributed by atoms with Crippen LogP contribution < -0.4 is 4.74 Å². The predicted molar refractivity (Wildman–Crippen MR) is 116 cm³/mol. The number of hydrogen-bond donors (Lipinski definition) is 1. The molecule has 5 nitrogen and oxygen atoms in total. The third kappa shape index (κ3) is 4.64. The molecule has 0 saturated carbocycles. The third-order valence-corrected chi connectivity index (χ3v) is 4.71. The minimum Gasteiger partial charge on any atom is -0.478 e. The van der Waals surface area contributed by atoms with Gasteiger partial charge in [-0.15, -0.1) is 0 Å². The minimum absolute atomic E-state index is 0.233. The van der Waals surface area contributed by atoms with Crippen molar-refractivity contribution in [3.8, 4) is 28.5 Å². The molecule has 0 fully saturated rings. The molecule has 0 bridgehead atoms. The molecule has 1 aromatic heterocycles. The van der Waals surface area contributed by atoms with Crippen LogP contribution in [0.2, 0.25) is 5.02 Å². The van der Waals surface area contributed by atoms with Crippen molar-refractivity contribution < 1.29 is 14.6 Å². The van der Waals surface area contributed by atoms with Gasteiger partial charge >= 0.3 is 5.97 Å². The van der Waals surface area contributed by atoms with Gasteiger partial charge in [-0.1, -0.05) is 54.1 Å². The van der Waals surface area contributed by atoms with Gasteiger partial charge in [0.2, 0.25) is 5.88 Å². The molecule has 3 aromatic carbocycles. The molecule has 1 N–H and O–H groups in total. The molecule has 0 atom stereocenters. The van der Waals surface area contributed by atoms with E-state index < -0.39 is 5.97 Å². The Hall–Kier alpha value is -3.70. The number of halogens is 1. The molecule has 30 heavy (non-hydrogen) atoms. The standard InChI is InChI=1S/C24H17ClN2O3/c25-20-12-10-18(11-13-20)23-26-21(17-4-2-1-3-5-17)14-22(27-23)30-15-16-6-8-19(9-7-16)24(28)29/h1-14H,15H2,(H,28,29). The van der Waals surface area contributed by atoms with Crippen LogP contribution in [0.5, 0.6) is 5.88 Å². The van der Waals surface area contributed by atoms with E-state index >= 15 is 0 Å². The molecule has 1 heterocycles. The second-order valence-corrected chi connectivity index (χ2v) is 7.02. The zero-order valence-electron chi connectivity index (χ0n) is 15.8. The second kappa shape index (κ2) is 8.76. The molecule has 0 spiro atoms. The van der Waals surface area contributed by atoms with E-state index in [0.29, 0.717) is 16.7 Å². The predicted octanol–water partition coefficient (Wildman–Crippen LogP) is 5.74. The maximum absolute atomic E-state index is 11.0. The number of carboxylic acid groups (broad SMARTS) is 1. The number of aromatic carboxylic acids is 1. The molecule has 0 aliphatic carbocycles. The van der Waals surface area contributed by atoms with Gasteiger partial charge in [-0.2, -0.15) is 4.98 Å². The van der Waals surface area contributed by atoms with Gasteiger partial charge in [0.05, 0.1) is 11.3 Å². The Morgan fingerprint density at radius 2 is 1.57 bits per heavy atom. The van der Waals surface area contributed by atoms with Crippen LogP contribution in [0, 0.1) is 0 Å². The monoisotopic (exact) mass is 416 g/mol. The van der Waals surface area contributed by atoms with Crippen LogP contribution >= 0.6 is 11.6 Å². The number of carboxylic acids is 1. The van der Waals surface area contributed by atoms with Gasteiger partial charge in [0.25, 0.3) is 0 Å². The summed E-state index contributed by atoms with van der Waals surface area (Å²) in [6, 6.07) is 25.4. The Morgan fingerprint density at radius 1 is 0.867 bits per heavy atom. The number of ether oxygens (including phenoxy) is 1. The zero-order chi connectivity index (χ0) is 20.9. The molecule has 4 rings (SSSR count).